The number of aromatic nitrogens is 2. The summed E-state index contributed by atoms with van der Waals surface area (Å²) in [5.41, 5.74) is -0.341. The maximum absolute atomic E-state index is 13.0. The van der Waals surface area contributed by atoms with Crippen LogP contribution >= 0.6 is 24.0 Å². The Morgan fingerprint density at radius 3 is 2.88 bits per heavy atom. The molecular weight excluding hydrogens is 544 g/mol. The molecular formula is C19H24F3IN6O3. The third kappa shape index (κ3) is 6.79. The molecule has 0 saturated carbocycles. The number of nitrogens with zero attached hydrogens (tertiary/aromatic N) is 5. The van der Waals surface area contributed by atoms with Crippen molar-refractivity contribution in [3.8, 4) is 0 Å². The third-order valence-electron chi connectivity index (χ3n) is 4.71. The van der Waals surface area contributed by atoms with Crippen molar-refractivity contribution < 1.29 is 22.8 Å². The molecule has 0 bridgehead atoms. The zero-order valence-electron chi connectivity index (χ0n) is 17.3. The van der Waals surface area contributed by atoms with E-state index < -0.39 is 22.8 Å². The van der Waals surface area contributed by atoms with Crippen LogP contribution in [-0.4, -0.2) is 58.3 Å². The molecule has 3 rings (SSSR count). The SMILES string of the molecule is CCNC(=NCCn1cc([N+](=O)[O-])cn1)N1CCOC(c2cccc(C(F)(F)F)c2)C1.I. The van der Waals surface area contributed by atoms with Gasteiger partial charge >= 0.3 is 11.9 Å². The molecule has 2 aromatic rings. The fourth-order valence-corrected chi connectivity index (χ4v) is 3.21. The molecule has 1 unspecified atom stereocenters. The highest BCUT2D eigenvalue weighted by molar-refractivity contribution is 14.0. The van der Waals surface area contributed by atoms with Crippen molar-refractivity contribution in [2.24, 2.45) is 4.99 Å². The van der Waals surface area contributed by atoms with E-state index in [2.05, 4.69) is 15.4 Å². The van der Waals surface area contributed by atoms with Crippen LogP contribution in [0.3, 0.4) is 0 Å². The molecule has 13 heteroatoms. The van der Waals surface area contributed by atoms with Crippen LogP contribution in [0, 0.1) is 10.1 Å². The van der Waals surface area contributed by atoms with E-state index in [-0.39, 0.29) is 29.7 Å². The number of alkyl halides is 3. The maximum Gasteiger partial charge on any atom is 0.416 e. The van der Waals surface area contributed by atoms with Crippen molar-refractivity contribution in [3.05, 3.63) is 57.9 Å². The predicted octanol–water partition coefficient (Wildman–Crippen LogP) is 3.47. The minimum absolute atomic E-state index is 0. The first-order chi connectivity index (χ1) is 14.8. The second kappa shape index (κ2) is 11.4. The molecule has 0 spiro atoms. The van der Waals surface area contributed by atoms with Gasteiger partial charge in [0.1, 0.15) is 18.5 Å². The fraction of sp³-hybridized carbons (Fsp3) is 0.474. The van der Waals surface area contributed by atoms with Crippen LogP contribution in [0.5, 0.6) is 0 Å². The zero-order chi connectivity index (χ0) is 22.4. The van der Waals surface area contributed by atoms with Crippen LogP contribution < -0.4 is 5.32 Å². The van der Waals surface area contributed by atoms with Crippen molar-refractivity contribution in [1.82, 2.24) is 20.0 Å². The Balaban J connectivity index is 0.00000363. The molecule has 2 heterocycles. The molecule has 1 aromatic heterocycles. The van der Waals surface area contributed by atoms with Crippen molar-refractivity contribution >= 4 is 35.6 Å². The summed E-state index contributed by atoms with van der Waals surface area (Å²) in [6.45, 7) is 4.43. The van der Waals surface area contributed by atoms with Crippen LogP contribution in [0.25, 0.3) is 0 Å². The first kappa shape index (κ1) is 25.8. The van der Waals surface area contributed by atoms with Crippen LogP contribution in [0.15, 0.2) is 41.7 Å². The third-order valence-corrected chi connectivity index (χ3v) is 4.71. The van der Waals surface area contributed by atoms with E-state index in [0.717, 1.165) is 12.1 Å². The lowest BCUT2D eigenvalue weighted by Crippen LogP contribution is -2.48. The van der Waals surface area contributed by atoms with E-state index in [0.29, 0.717) is 50.9 Å². The van der Waals surface area contributed by atoms with E-state index >= 15 is 0 Å². The van der Waals surface area contributed by atoms with E-state index in [4.69, 9.17) is 4.74 Å². The molecule has 1 N–H and O–H groups in total. The summed E-state index contributed by atoms with van der Waals surface area (Å²) in [4.78, 5) is 16.7. The molecule has 0 amide bonds. The van der Waals surface area contributed by atoms with Gasteiger partial charge in [0.15, 0.2) is 5.96 Å². The largest absolute Gasteiger partial charge is 0.416 e. The number of nitrogens with one attached hydrogen (secondary N) is 1. The molecule has 0 radical (unpaired) electrons. The number of aliphatic imine (C=N–C) groups is 1. The quantitative estimate of drug-likeness (QED) is 0.189. The summed E-state index contributed by atoms with van der Waals surface area (Å²) in [5.74, 6) is 0.601. The van der Waals surface area contributed by atoms with Gasteiger partial charge in [0.05, 0.1) is 36.7 Å². The minimum atomic E-state index is -4.41. The Labute approximate surface area is 199 Å². The number of hydrogen-bond acceptors (Lipinski definition) is 5. The Hall–Kier alpha value is -2.42. The number of hydrogen-bond donors (Lipinski definition) is 1. The van der Waals surface area contributed by atoms with Gasteiger partial charge in [-0.25, -0.2) is 0 Å². The molecule has 1 fully saturated rings. The number of halogens is 4. The Morgan fingerprint density at radius 2 is 2.22 bits per heavy atom. The number of rotatable bonds is 6. The summed E-state index contributed by atoms with van der Waals surface area (Å²) >= 11 is 0. The molecule has 1 aliphatic heterocycles. The lowest BCUT2D eigenvalue weighted by atomic mass is 10.0. The summed E-state index contributed by atoms with van der Waals surface area (Å²) < 4.78 is 46.3. The normalized spacial score (nSPS) is 17.1. The maximum atomic E-state index is 13.0. The van der Waals surface area contributed by atoms with Gasteiger partial charge in [-0.2, -0.15) is 18.3 Å². The summed E-state index contributed by atoms with van der Waals surface area (Å²) in [7, 11) is 0. The number of ether oxygens (including phenoxy) is 1. The van der Waals surface area contributed by atoms with Gasteiger partial charge in [-0.1, -0.05) is 12.1 Å². The van der Waals surface area contributed by atoms with E-state index in [1.54, 1.807) is 6.07 Å². The highest BCUT2D eigenvalue weighted by Gasteiger charge is 2.32. The minimum Gasteiger partial charge on any atom is -0.370 e. The lowest BCUT2D eigenvalue weighted by Gasteiger charge is -2.35. The average molecular weight is 568 g/mol. The Kier molecular flexibility index (Phi) is 9.24. The van der Waals surface area contributed by atoms with Gasteiger partial charge in [-0.05, 0) is 24.6 Å². The van der Waals surface area contributed by atoms with Crippen molar-refractivity contribution in [2.75, 3.05) is 32.8 Å². The molecule has 1 saturated heterocycles. The Bertz CT molecular complexity index is 937. The number of morpholine rings is 1. The van der Waals surface area contributed by atoms with Crippen LogP contribution in [0.2, 0.25) is 0 Å². The molecule has 9 nitrogen and oxygen atoms in total. The average Bonchev–Trinajstić information content (AvgIpc) is 3.22. The highest BCUT2D eigenvalue weighted by atomic mass is 127. The molecule has 176 valence electrons. The van der Waals surface area contributed by atoms with Gasteiger partial charge < -0.3 is 15.0 Å². The first-order valence-electron chi connectivity index (χ1n) is 9.76. The molecule has 1 atom stereocenters. The molecule has 1 aliphatic rings. The van der Waals surface area contributed by atoms with E-state index in [1.165, 1.54) is 23.1 Å². The van der Waals surface area contributed by atoms with Gasteiger partial charge in [-0.15, -0.1) is 24.0 Å². The highest BCUT2D eigenvalue weighted by Crippen LogP contribution is 2.32. The summed E-state index contributed by atoms with van der Waals surface area (Å²) in [5, 5.41) is 17.8. The summed E-state index contributed by atoms with van der Waals surface area (Å²) in [6.07, 6.45) is -2.42. The number of nitro groups is 1. The van der Waals surface area contributed by atoms with Crippen LogP contribution in [0.4, 0.5) is 18.9 Å². The van der Waals surface area contributed by atoms with Crippen molar-refractivity contribution in [3.63, 3.8) is 0 Å². The number of guanidine groups is 1. The monoisotopic (exact) mass is 568 g/mol. The second-order valence-electron chi connectivity index (χ2n) is 6.88. The standard InChI is InChI=1S/C19H23F3N6O3.HI/c1-2-23-18(24-6-7-27-12-16(11-25-27)28(29)30)26-8-9-31-17(13-26)14-4-3-5-15(10-14)19(20,21)22;/h3-5,10-12,17H,2,6-9,13H2,1H3,(H,23,24);1H. The number of benzene rings is 1. The van der Waals surface area contributed by atoms with Crippen molar-refractivity contribution in [2.45, 2.75) is 25.7 Å². The van der Waals surface area contributed by atoms with E-state index in [9.17, 15) is 23.3 Å². The summed E-state index contributed by atoms with van der Waals surface area (Å²) in [6, 6.07) is 5.15. The van der Waals surface area contributed by atoms with E-state index in [1.807, 2.05) is 11.8 Å². The molecule has 1 aromatic carbocycles. The first-order valence-corrected chi connectivity index (χ1v) is 9.76. The Morgan fingerprint density at radius 1 is 1.44 bits per heavy atom. The zero-order valence-corrected chi connectivity index (χ0v) is 19.6. The van der Waals surface area contributed by atoms with Gasteiger partial charge in [0.2, 0.25) is 0 Å². The topological polar surface area (TPSA) is 97.8 Å². The van der Waals surface area contributed by atoms with Gasteiger partial charge in [0, 0.05) is 13.1 Å². The van der Waals surface area contributed by atoms with Gasteiger partial charge in [-0.3, -0.25) is 19.8 Å². The predicted molar refractivity (Wildman–Crippen MR) is 122 cm³/mol. The smallest absolute Gasteiger partial charge is 0.370 e. The van der Waals surface area contributed by atoms with Gasteiger partial charge in [0.25, 0.3) is 0 Å². The molecule has 32 heavy (non-hydrogen) atoms. The second-order valence-corrected chi connectivity index (χ2v) is 6.88. The molecule has 0 aliphatic carbocycles. The lowest BCUT2D eigenvalue weighted by molar-refractivity contribution is -0.385. The van der Waals surface area contributed by atoms with Crippen LogP contribution in [-0.2, 0) is 17.5 Å². The van der Waals surface area contributed by atoms with Crippen LogP contribution in [0.1, 0.15) is 24.2 Å². The fourth-order valence-electron chi connectivity index (χ4n) is 3.21. The van der Waals surface area contributed by atoms with Crippen molar-refractivity contribution in [1.29, 1.82) is 0 Å².